The third-order valence-corrected chi connectivity index (χ3v) is 2.49. The molecular weight excluding hydrogens is 245 g/mol. The molecule has 0 aliphatic heterocycles. The summed E-state index contributed by atoms with van der Waals surface area (Å²) in [6.45, 7) is 7.44. The van der Waals surface area contributed by atoms with Crippen LogP contribution >= 0.6 is 0 Å². The molecule has 0 atom stereocenters. The normalized spacial score (nSPS) is 11.2. The molecule has 0 radical (unpaired) electrons. The van der Waals surface area contributed by atoms with Crippen LogP contribution in [-0.2, 0) is 11.2 Å². The minimum absolute atomic E-state index is 0.233. The number of amides is 1. The lowest BCUT2D eigenvalue weighted by Gasteiger charge is -2.19. The number of aryl methyl sites for hydroxylation is 1. The highest BCUT2D eigenvalue weighted by Gasteiger charge is 2.16. The fourth-order valence-electron chi connectivity index (χ4n) is 1.63. The predicted molar refractivity (Wildman–Crippen MR) is 74.9 cm³/mol. The Labute approximate surface area is 114 Å². The molecule has 1 rings (SSSR count). The molecule has 4 heteroatoms. The molecule has 0 aliphatic rings. The number of unbranched alkanes of at least 4 members (excludes halogenated alkanes) is 1. The van der Waals surface area contributed by atoms with E-state index in [1.54, 1.807) is 26.8 Å². The van der Waals surface area contributed by atoms with E-state index < -0.39 is 11.7 Å². The molecule has 0 saturated carbocycles. The lowest BCUT2D eigenvalue weighted by molar-refractivity contribution is 0.0636. The molecule has 0 saturated heterocycles. The molecule has 1 N–H and O–H groups in total. The van der Waals surface area contributed by atoms with E-state index in [9.17, 15) is 9.18 Å². The Morgan fingerprint density at radius 1 is 1.37 bits per heavy atom. The number of anilines is 1. The van der Waals surface area contributed by atoms with Crippen LogP contribution in [0, 0.1) is 5.82 Å². The molecule has 106 valence electrons. The molecule has 0 spiro atoms. The third-order valence-electron chi connectivity index (χ3n) is 2.49. The van der Waals surface area contributed by atoms with Gasteiger partial charge in [-0.25, -0.2) is 9.18 Å². The molecule has 0 aromatic heterocycles. The number of nitrogens with one attached hydrogen (secondary N) is 1. The van der Waals surface area contributed by atoms with Gasteiger partial charge in [0.15, 0.2) is 0 Å². The maximum atomic E-state index is 13.6. The molecule has 0 fully saturated rings. The maximum Gasteiger partial charge on any atom is 0.412 e. The van der Waals surface area contributed by atoms with Crippen LogP contribution < -0.4 is 5.32 Å². The van der Waals surface area contributed by atoms with Gasteiger partial charge in [-0.05, 0) is 57.4 Å². The van der Waals surface area contributed by atoms with Gasteiger partial charge in [0.05, 0.1) is 0 Å². The molecule has 3 nitrogen and oxygen atoms in total. The minimum Gasteiger partial charge on any atom is -0.444 e. The van der Waals surface area contributed by atoms with Crippen LogP contribution in [0.2, 0.25) is 0 Å². The second-order valence-electron chi connectivity index (χ2n) is 5.54. The Morgan fingerprint density at radius 2 is 2.05 bits per heavy atom. The van der Waals surface area contributed by atoms with Gasteiger partial charge in [-0.3, -0.25) is 5.32 Å². The van der Waals surface area contributed by atoms with Crippen molar-refractivity contribution in [3.63, 3.8) is 0 Å². The standard InChI is InChI=1S/C15H22FNO2/c1-5-6-7-11-10-12(8-9-13(11)16)17-14(18)19-15(2,3)4/h8-10H,5-7H2,1-4H3,(H,17,18). The van der Waals surface area contributed by atoms with Crippen LogP contribution in [0.3, 0.4) is 0 Å². The molecule has 1 aromatic carbocycles. The summed E-state index contributed by atoms with van der Waals surface area (Å²) < 4.78 is 18.7. The Hall–Kier alpha value is -1.58. The lowest BCUT2D eigenvalue weighted by atomic mass is 10.1. The van der Waals surface area contributed by atoms with Crippen LogP contribution in [0.4, 0.5) is 14.9 Å². The van der Waals surface area contributed by atoms with Crippen molar-refractivity contribution in [2.24, 2.45) is 0 Å². The number of ether oxygens (including phenoxy) is 1. The van der Waals surface area contributed by atoms with Crippen LogP contribution in [0.5, 0.6) is 0 Å². The second-order valence-corrected chi connectivity index (χ2v) is 5.54. The van der Waals surface area contributed by atoms with Crippen LogP contribution in [0.1, 0.15) is 46.1 Å². The van der Waals surface area contributed by atoms with Gasteiger partial charge in [0.1, 0.15) is 11.4 Å². The van der Waals surface area contributed by atoms with E-state index in [4.69, 9.17) is 4.74 Å². The van der Waals surface area contributed by atoms with Gasteiger partial charge < -0.3 is 4.74 Å². The zero-order chi connectivity index (χ0) is 14.5. The van der Waals surface area contributed by atoms with Gasteiger partial charge in [-0.15, -0.1) is 0 Å². The summed E-state index contributed by atoms with van der Waals surface area (Å²) in [4.78, 5) is 11.6. The highest BCUT2D eigenvalue weighted by atomic mass is 19.1. The van der Waals surface area contributed by atoms with Crippen LogP contribution in [0.25, 0.3) is 0 Å². The first kappa shape index (κ1) is 15.5. The molecule has 0 heterocycles. The quantitative estimate of drug-likeness (QED) is 0.871. The minimum atomic E-state index is -0.546. The zero-order valence-corrected chi connectivity index (χ0v) is 12.0. The van der Waals surface area contributed by atoms with Crippen molar-refractivity contribution >= 4 is 11.8 Å². The monoisotopic (exact) mass is 267 g/mol. The van der Waals surface area contributed by atoms with E-state index in [1.165, 1.54) is 12.1 Å². The summed E-state index contributed by atoms with van der Waals surface area (Å²) in [5.74, 6) is -0.233. The van der Waals surface area contributed by atoms with Crippen molar-refractivity contribution < 1.29 is 13.9 Å². The van der Waals surface area contributed by atoms with E-state index in [1.807, 2.05) is 0 Å². The van der Waals surface area contributed by atoms with E-state index in [0.29, 0.717) is 17.7 Å². The summed E-state index contributed by atoms with van der Waals surface area (Å²) in [6, 6.07) is 4.57. The molecule has 1 amide bonds. The highest BCUT2D eigenvalue weighted by molar-refractivity contribution is 5.84. The molecule has 1 aromatic rings. The van der Waals surface area contributed by atoms with Crippen molar-refractivity contribution in [3.05, 3.63) is 29.6 Å². The number of benzene rings is 1. The van der Waals surface area contributed by atoms with Crippen LogP contribution in [-0.4, -0.2) is 11.7 Å². The summed E-state index contributed by atoms with van der Waals surface area (Å²) in [5.41, 5.74) is 0.631. The van der Waals surface area contributed by atoms with E-state index in [-0.39, 0.29) is 5.82 Å². The average molecular weight is 267 g/mol. The Morgan fingerprint density at radius 3 is 2.63 bits per heavy atom. The Kier molecular flexibility index (Phi) is 5.33. The number of hydrogen-bond donors (Lipinski definition) is 1. The molecular formula is C15H22FNO2. The van der Waals surface area contributed by atoms with Gasteiger partial charge in [0.2, 0.25) is 0 Å². The first-order chi connectivity index (χ1) is 8.81. The topological polar surface area (TPSA) is 38.3 Å². The van der Waals surface area contributed by atoms with Crippen LogP contribution in [0.15, 0.2) is 18.2 Å². The van der Waals surface area contributed by atoms with Crippen molar-refractivity contribution in [3.8, 4) is 0 Å². The molecule has 0 unspecified atom stereocenters. The van der Waals surface area contributed by atoms with Gasteiger partial charge in [-0.2, -0.15) is 0 Å². The fourth-order valence-corrected chi connectivity index (χ4v) is 1.63. The van der Waals surface area contributed by atoms with E-state index >= 15 is 0 Å². The largest absolute Gasteiger partial charge is 0.444 e. The molecule has 19 heavy (non-hydrogen) atoms. The summed E-state index contributed by atoms with van der Waals surface area (Å²) in [5, 5.41) is 2.61. The molecule has 0 bridgehead atoms. The summed E-state index contributed by atoms with van der Waals surface area (Å²) in [6.07, 6.45) is 2.07. The smallest absolute Gasteiger partial charge is 0.412 e. The average Bonchev–Trinajstić information content (AvgIpc) is 2.27. The maximum absolute atomic E-state index is 13.6. The predicted octanol–water partition coefficient (Wildman–Crippen LogP) is 4.52. The first-order valence-corrected chi connectivity index (χ1v) is 6.60. The van der Waals surface area contributed by atoms with Gasteiger partial charge in [-0.1, -0.05) is 13.3 Å². The van der Waals surface area contributed by atoms with E-state index in [0.717, 1.165) is 12.8 Å². The number of carbonyl (C=O) groups is 1. The third kappa shape index (κ3) is 5.73. The SMILES string of the molecule is CCCCc1cc(NC(=O)OC(C)(C)C)ccc1F. The van der Waals surface area contributed by atoms with Crippen molar-refractivity contribution in [1.29, 1.82) is 0 Å². The number of carbonyl (C=O) groups excluding carboxylic acids is 1. The summed E-state index contributed by atoms with van der Waals surface area (Å²) in [7, 11) is 0. The van der Waals surface area contributed by atoms with Gasteiger partial charge >= 0.3 is 6.09 Å². The number of hydrogen-bond acceptors (Lipinski definition) is 2. The zero-order valence-electron chi connectivity index (χ0n) is 12.0. The van der Waals surface area contributed by atoms with Gasteiger partial charge in [0.25, 0.3) is 0 Å². The van der Waals surface area contributed by atoms with Gasteiger partial charge in [0, 0.05) is 5.69 Å². The highest BCUT2D eigenvalue weighted by Crippen LogP contribution is 2.18. The van der Waals surface area contributed by atoms with Crippen molar-refractivity contribution in [2.45, 2.75) is 52.6 Å². The lowest BCUT2D eigenvalue weighted by Crippen LogP contribution is -2.27. The Balaban J connectivity index is 2.71. The summed E-state index contributed by atoms with van der Waals surface area (Å²) >= 11 is 0. The van der Waals surface area contributed by atoms with Crippen molar-refractivity contribution in [2.75, 3.05) is 5.32 Å². The Bertz CT molecular complexity index is 438. The number of rotatable bonds is 4. The van der Waals surface area contributed by atoms with Crippen molar-refractivity contribution in [1.82, 2.24) is 0 Å². The second kappa shape index (κ2) is 6.55. The van der Waals surface area contributed by atoms with E-state index in [2.05, 4.69) is 12.2 Å². The first-order valence-electron chi connectivity index (χ1n) is 6.60. The molecule has 0 aliphatic carbocycles. The number of halogens is 1. The fraction of sp³-hybridized carbons (Fsp3) is 0.533.